The lowest BCUT2D eigenvalue weighted by atomic mass is 10.0. The summed E-state index contributed by atoms with van der Waals surface area (Å²) in [6, 6.07) is 9.13. The third kappa shape index (κ3) is 17.8. The van der Waals surface area contributed by atoms with Crippen molar-refractivity contribution in [2.24, 2.45) is 0 Å². The number of rotatable bonds is 25. The van der Waals surface area contributed by atoms with Gasteiger partial charge in [-0.3, -0.25) is 0 Å². The maximum absolute atomic E-state index is 6.03. The summed E-state index contributed by atoms with van der Waals surface area (Å²) < 4.78 is 6.03. The van der Waals surface area contributed by atoms with E-state index in [-0.39, 0.29) is 7.92 Å². The summed E-state index contributed by atoms with van der Waals surface area (Å²) in [4.78, 5) is 0. The van der Waals surface area contributed by atoms with Gasteiger partial charge in [-0.1, -0.05) is 150 Å². The molecule has 0 N–H and O–H groups in total. The molecular weight excluding hydrogens is 431 g/mol. The molecule has 198 valence electrons. The maximum atomic E-state index is 6.03. The molecule has 0 amide bonds. The minimum absolute atomic E-state index is 0.0295. The molecule has 0 fully saturated rings. The van der Waals surface area contributed by atoms with E-state index in [9.17, 15) is 0 Å². The third-order valence-electron chi connectivity index (χ3n) is 7.03. The molecule has 0 aromatic heterocycles. The normalized spacial score (nSPS) is 11.4. The van der Waals surface area contributed by atoms with Crippen LogP contribution in [0.1, 0.15) is 149 Å². The Kier molecular flexibility index (Phi) is 22.4. The zero-order valence-corrected chi connectivity index (χ0v) is 24.3. The smallest absolute Gasteiger partial charge is 0.119 e. The molecule has 0 spiro atoms. The van der Waals surface area contributed by atoms with Gasteiger partial charge >= 0.3 is 0 Å². The summed E-state index contributed by atoms with van der Waals surface area (Å²) in [5, 5.41) is 1.58. The van der Waals surface area contributed by atoms with Crippen molar-refractivity contribution in [3.8, 4) is 5.75 Å². The van der Waals surface area contributed by atoms with Gasteiger partial charge < -0.3 is 4.74 Å². The Morgan fingerprint density at radius 1 is 0.471 bits per heavy atom. The molecule has 1 nitrogen and oxygen atoms in total. The van der Waals surface area contributed by atoms with Crippen LogP contribution in [0.4, 0.5) is 0 Å². The topological polar surface area (TPSA) is 9.23 Å². The molecule has 2 heteroatoms. The van der Waals surface area contributed by atoms with Gasteiger partial charge in [-0.05, 0) is 49.0 Å². The fourth-order valence-electron chi connectivity index (χ4n) is 4.66. The first-order chi connectivity index (χ1) is 16.8. The molecule has 0 unspecified atom stereocenters. The predicted molar refractivity (Wildman–Crippen MR) is 158 cm³/mol. The van der Waals surface area contributed by atoms with Gasteiger partial charge in [0.2, 0.25) is 0 Å². The molecule has 0 atom stereocenters. The summed E-state index contributed by atoms with van der Waals surface area (Å²) in [6.07, 6.45) is 30.8. The summed E-state index contributed by atoms with van der Waals surface area (Å²) in [6.45, 7) is 7.79. The number of hydrogen-bond donors (Lipinski definition) is 0. The molecule has 1 aromatic carbocycles. The fourth-order valence-corrected chi connectivity index (χ4v) is 7.37. The lowest BCUT2D eigenvalue weighted by Crippen LogP contribution is -2.07. The summed E-state index contributed by atoms with van der Waals surface area (Å²) >= 11 is 0. The van der Waals surface area contributed by atoms with Crippen LogP contribution < -0.4 is 10.0 Å². The Hall–Kier alpha value is -0.550. The SMILES string of the molecule is CCCCCCCCCCCCCCCCCCOc1ccc(P(CCCC)CCCC)cc1. The molecule has 0 bridgehead atoms. The van der Waals surface area contributed by atoms with Crippen LogP contribution in [0, 0.1) is 0 Å². The number of unbranched alkanes of at least 4 members (excludes halogenated alkanes) is 17. The lowest BCUT2D eigenvalue weighted by molar-refractivity contribution is 0.304. The van der Waals surface area contributed by atoms with Gasteiger partial charge in [-0.15, -0.1) is 0 Å². The summed E-state index contributed by atoms with van der Waals surface area (Å²) in [7, 11) is 0.0295. The molecule has 0 aliphatic rings. The quantitative estimate of drug-likeness (QED) is 0.0978. The highest BCUT2D eigenvalue weighted by Gasteiger charge is 2.10. The van der Waals surface area contributed by atoms with Gasteiger partial charge in [0, 0.05) is 0 Å². The van der Waals surface area contributed by atoms with Gasteiger partial charge in [0.05, 0.1) is 6.61 Å². The number of benzene rings is 1. The van der Waals surface area contributed by atoms with Crippen LogP contribution in [0.2, 0.25) is 0 Å². The zero-order valence-electron chi connectivity index (χ0n) is 23.4. The van der Waals surface area contributed by atoms with Crippen LogP contribution in [0.5, 0.6) is 5.75 Å². The second-order valence-corrected chi connectivity index (χ2v) is 12.8. The second kappa shape index (κ2) is 24.2. The first-order valence-corrected chi connectivity index (χ1v) is 17.0. The minimum atomic E-state index is 0.0295. The predicted octanol–water partition coefficient (Wildman–Crippen LogP) is 11.0. The average Bonchev–Trinajstić information content (AvgIpc) is 2.86. The Morgan fingerprint density at radius 2 is 0.853 bits per heavy atom. The van der Waals surface area contributed by atoms with E-state index in [0.717, 1.165) is 12.4 Å². The Labute approximate surface area is 216 Å². The van der Waals surface area contributed by atoms with E-state index in [1.165, 1.54) is 141 Å². The van der Waals surface area contributed by atoms with Crippen LogP contribution >= 0.6 is 7.92 Å². The van der Waals surface area contributed by atoms with Gasteiger partial charge in [0.25, 0.3) is 0 Å². The van der Waals surface area contributed by atoms with Crippen molar-refractivity contribution in [1.29, 1.82) is 0 Å². The first-order valence-electron chi connectivity index (χ1n) is 15.3. The Balaban J connectivity index is 1.96. The highest BCUT2D eigenvalue weighted by atomic mass is 31.1. The summed E-state index contributed by atoms with van der Waals surface area (Å²) in [5.74, 6) is 1.06. The standard InChI is InChI=1S/C32H59OP/c1-4-7-10-11-12-13-14-15-16-17-18-19-20-21-22-23-28-33-31-24-26-32(27-25-31)34(29-8-5-2)30-9-6-3/h24-27H,4-23,28-30H2,1-3H3. The van der Waals surface area contributed by atoms with Gasteiger partial charge in [-0.2, -0.15) is 0 Å². The van der Waals surface area contributed by atoms with Crippen molar-refractivity contribution in [3.05, 3.63) is 24.3 Å². The van der Waals surface area contributed by atoms with E-state index in [1.807, 2.05) is 0 Å². The van der Waals surface area contributed by atoms with Gasteiger partial charge in [0.15, 0.2) is 0 Å². The molecule has 0 aliphatic carbocycles. The first kappa shape index (κ1) is 31.5. The van der Waals surface area contributed by atoms with Crippen LogP contribution in [0.3, 0.4) is 0 Å². The lowest BCUT2D eigenvalue weighted by Gasteiger charge is -2.18. The van der Waals surface area contributed by atoms with Crippen LogP contribution in [0.15, 0.2) is 24.3 Å². The Bertz CT molecular complexity index is 518. The summed E-state index contributed by atoms with van der Waals surface area (Å²) in [5.41, 5.74) is 0. The molecule has 0 saturated carbocycles. The third-order valence-corrected chi connectivity index (χ3v) is 9.77. The average molecular weight is 491 g/mol. The minimum Gasteiger partial charge on any atom is -0.494 e. The van der Waals surface area contributed by atoms with Gasteiger partial charge in [-0.25, -0.2) is 0 Å². The number of ether oxygens (including phenoxy) is 1. The van der Waals surface area contributed by atoms with Crippen LogP contribution in [-0.4, -0.2) is 18.9 Å². The zero-order chi connectivity index (χ0) is 24.5. The van der Waals surface area contributed by atoms with E-state index in [2.05, 4.69) is 45.0 Å². The monoisotopic (exact) mass is 490 g/mol. The van der Waals surface area contributed by atoms with Gasteiger partial charge in [0.1, 0.15) is 5.75 Å². The highest BCUT2D eigenvalue weighted by Crippen LogP contribution is 2.37. The van der Waals surface area contributed by atoms with Crippen molar-refractivity contribution in [2.75, 3.05) is 18.9 Å². The van der Waals surface area contributed by atoms with Crippen molar-refractivity contribution in [3.63, 3.8) is 0 Å². The van der Waals surface area contributed by atoms with E-state index in [4.69, 9.17) is 4.74 Å². The molecule has 0 saturated heterocycles. The molecule has 1 aromatic rings. The fraction of sp³-hybridized carbons (Fsp3) is 0.812. The van der Waals surface area contributed by atoms with Crippen molar-refractivity contribution in [1.82, 2.24) is 0 Å². The van der Waals surface area contributed by atoms with Crippen LogP contribution in [0.25, 0.3) is 0 Å². The maximum Gasteiger partial charge on any atom is 0.119 e. The van der Waals surface area contributed by atoms with Crippen LogP contribution in [-0.2, 0) is 0 Å². The van der Waals surface area contributed by atoms with Crippen molar-refractivity contribution in [2.45, 2.75) is 149 Å². The van der Waals surface area contributed by atoms with Crippen molar-refractivity contribution < 1.29 is 4.74 Å². The van der Waals surface area contributed by atoms with E-state index in [0.29, 0.717) is 0 Å². The van der Waals surface area contributed by atoms with E-state index < -0.39 is 0 Å². The number of hydrogen-bond acceptors (Lipinski definition) is 1. The second-order valence-electron chi connectivity index (χ2n) is 10.3. The van der Waals surface area contributed by atoms with E-state index in [1.54, 1.807) is 5.30 Å². The molecule has 0 heterocycles. The van der Waals surface area contributed by atoms with E-state index >= 15 is 0 Å². The molecule has 0 radical (unpaired) electrons. The Morgan fingerprint density at radius 3 is 1.26 bits per heavy atom. The largest absolute Gasteiger partial charge is 0.494 e. The highest BCUT2D eigenvalue weighted by molar-refractivity contribution is 7.65. The molecule has 34 heavy (non-hydrogen) atoms. The molecular formula is C32H59OP. The molecule has 1 rings (SSSR count). The van der Waals surface area contributed by atoms with Crippen molar-refractivity contribution >= 4 is 13.2 Å². The molecule has 0 aliphatic heterocycles.